The highest BCUT2D eigenvalue weighted by molar-refractivity contribution is 6.35. The monoisotopic (exact) mass is 528 g/mol. The van der Waals surface area contributed by atoms with Gasteiger partial charge in [0.15, 0.2) is 5.75 Å². The van der Waals surface area contributed by atoms with Crippen molar-refractivity contribution in [2.24, 2.45) is 0 Å². The maximum atomic E-state index is 13.3. The number of benzene rings is 2. The van der Waals surface area contributed by atoms with Crippen LogP contribution in [-0.4, -0.2) is 32.6 Å². The third-order valence-corrected chi connectivity index (χ3v) is 6.24. The quantitative estimate of drug-likeness (QED) is 0.218. The molecule has 196 valence electrons. The Bertz CT molecular complexity index is 1750. The molecule has 0 spiro atoms. The van der Waals surface area contributed by atoms with E-state index in [9.17, 15) is 23.6 Å². The summed E-state index contributed by atoms with van der Waals surface area (Å²) in [5, 5.41) is 14.4. The number of aromatic amines is 1. The molecule has 0 aliphatic carbocycles. The summed E-state index contributed by atoms with van der Waals surface area (Å²) in [4.78, 5) is 52.6. The van der Waals surface area contributed by atoms with Crippen molar-refractivity contribution in [2.75, 3.05) is 10.6 Å². The van der Waals surface area contributed by atoms with Gasteiger partial charge in [0.1, 0.15) is 11.4 Å². The van der Waals surface area contributed by atoms with E-state index in [2.05, 4.69) is 15.6 Å². The lowest BCUT2D eigenvalue weighted by Gasteiger charge is -2.10. The molecule has 2 amide bonds. The highest BCUT2D eigenvalue weighted by Crippen LogP contribution is 2.36. The Morgan fingerprint density at radius 3 is 2.54 bits per heavy atom. The van der Waals surface area contributed by atoms with Crippen molar-refractivity contribution in [3.8, 4) is 11.4 Å². The Labute approximate surface area is 220 Å². The number of aromatic nitrogens is 2. The topological polar surface area (TPSA) is 143 Å². The van der Waals surface area contributed by atoms with Gasteiger partial charge < -0.3 is 25.5 Å². The summed E-state index contributed by atoms with van der Waals surface area (Å²) in [6.45, 7) is 3.33. The number of aryl methyl sites for hydroxylation is 1. The molecule has 0 fully saturated rings. The lowest BCUT2D eigenvalue weighted by atomic mass is 10.0. The number of carbonyl (C=O) groups excluding carboxylic acids is 2. The van der Waals surface area contributed by atoms with E-state index in [4.69, 9.17) is 9.84 Å². The van der Waals surface area contributed by atoms with Gasteiger partial charge in [-0.15, -0.1) is 0 Å². The number of H-pyrrole nitrogens is 1. The number of pyridine rings is 1. The highest BCUT2D eigenvalue weighted by Gasteiger charge is 2.26. The zero-order valence-corrected chi connectivity index (χ0v) is 20.7. The van der Waals surface area contributed by atoms with Crippen molar-refractivity contribution in [1.29, 1.82) is 0 Å². The van der Waals surface area contributed by atoms with Gasteiger partial charge in [-0.2, -0.15) is 0 Å². The Hall–Kier alpha value is -5.45. The fourth-order valence-electron chi connectivity index (χ4n) is 4.37. The number of anilines is 2. The molecule has 2 aromatic carbocycles. The van der Waals surface area contributed by atoms with Crippen molar-refractivity contribution in [1.82, 2.24) is 9.55 Å². The fourth-order valence-corrected chi connectivity index (χ4v) is 4.37. The molecule has 4 N–H and O–H groups in total. The van der Waals surface area contributed by atoms with Crippen LogP contribution in [0.15, 0.2) is 65.6 Å². The molecule has 4 aromatic rings. The average molecular weight is 528 g/mol. The minimum Gasteiger partial charge on any atom is -0.449 e. The average Bonchev–Trinajstić information content (AvgIpc) is 3.34. The third-order valence-electron chi connectivity index (χ3n) is 6.24. The normalized spacial score (nSPS) is 13.2. The summed E-state index contributed by atoms with van der Waals surface area (Å²) >= 11 is 0. The second-order valence-corrected chi connectivity index (χ2v) is 8.79. The number of nitrogens with zero attached hydrogens (tertiary/aromatic N) is 1. The number of halogens is 1. The van der Waals surface area contributed by atoms with E-state index in [1.807, 2.05) is 0 Å². The molecule has 5 rings (SSSR count). The van der Waals surface area contributed by atoms with E-state index in [-0.39, 0.29) is 17.2 Å². The maximum absolute atomic E-state index is 13.3. The van der Waals surface area contributed by atoms with Crippen LogP contribution in [0.5, 0.6) is 5.75 Å². The van der Waals surface area contributed by atoms with E-state index < -0.39 is 23.4 Å². The molecule has 1 aliphatic heterocycles. The molecular weight excluding hydrogens is 507 g/mol. The Morgan fingerprint density at radius 2 is 1.82 bits per heavy atom. The van der Waals surface area contributed by atoms with Crippen molar-refractivity contribution < 1.29 is 28.6 Å². The summed E-state index contributed by atoms with van der Waals surface area (Å²) in [5.74, 6) is -1.31. The van der Waals surface area contributed by atoms with Gasteiger partial charge in [-0.25, -0.2) is 9.18 Å². The number of ether oxygens (including phenoxy) is 1. The van der Waals surface area contributed by atoms with Crippen molar-refractivity contribution in [2.45, 2.75) is 13.8 Å². The van der Waals surface area contributed by atoms with Crippen molar-refractivity contribution in [3.05, 3.63) is 105 Å². The minimum absolute atomic E-state index is 0.121. The first-order chi connectivity index (χ1) is 18.6. The van der Waals surface area contributed by atoms with Gasteiger partial charge in [-0.1, -0.05) is 6.07 Å². The number of nitrogens with one attached hydrogen (secondary N) is 3. The molecule has 1 aliphatic rings. The second-order valence-electron chi connectivity index (χ2n) is 8.79. The van der Waals surface area contributed by atoms with Crippen LogP contribution in [0.3, 0.4) is 0 Å². The SMILES string of the molecule is Cc1[nH]c(/C=C2\C(=O)Nc3cc(NC(=O)c4cccn(-c5ccc(F)cc5)c4=O)ccc32)c(C)c1OC(=O)O. The van der Waals surface area contributed by atoms with Gasteiger partial charge in [0.25, 0.3) is 17.4 Å². The van der Waals surface area contributed by atoms with Gasteiger partial charge in [0.05, 0.1) is 17.0 Å². The molecule has 10 nitrogen and oxygen atoms in total. The summed E-state index contributed by atoms with van der Waals surface area (Å²) in [7, 11) is 0. The van der Waals surface area contributed by atoms with Crippen LogP contribution < -0.4 is 20.9 Å². The van der Waals surface area contributed by atoms with Crippen LogP contribution in [0, 0.1) is 19.7 Å². The van der Waals surface area contributed by atoms with Crippen molar-refractivity contribution in [3.63, 3.8) is 0 Å². The molecule has 39 heavy (non-hydrogen) atoms. The van der Waals surface area contributed by atoms with E-state index in [1.54, 1.807) is 38.1 Å². The zero-order valence-electron chi connectivity index (χ0n) is 20.7. The largest absolute Gasteiger partial charge is 0.511 e. The van der Waals surface area contributed by atoms with Crippen LogP contribution in [0.4, 0.5) is 20.6 Å². The van der Waals surface area contributed by atoms with Crippen molar-refractivity contribution >= 4 is 41.0 Å². The van der Waals surface area contributed by atoms with Crippen LogP contribution in [0.2, 0.25) is 0 Å². The van der Waals surface area contributed by atoms with E-state index in [0.717, 1.165) is 0 Å². The third kappa shape index (κ3) is 4.80. The number of carboxylic acid groups (broad SMARTS) is 1. The molecular formula is C28H21FN4O6. The van der Waals surface area contributed by atoms with Crippen LogP contribution in [-0.2, 0) is 4.79 Å². The molecule has 0 radical (unpaired) electrons. The fraction of sp³-hybridized carbons (Fsp3) is 0.0714. The Kier molecular flexibility index (Phi) is 6.32. The zero-order chi connectivity index (χ0) is 27.8. The standard InChI is InChI=1S/C28H21FN4O6/c1-14-22(30-15(2)24(14)39-28(37)38)13-21-19-10-7-17(12-23(19)32-26(21)35)31-25(34)20-4-3-11-33(27(20)36)18-8-5-16(29)6-9-18/h3-13,30H,1-2H3,(H,31,34)(H,32,35)(H,37,38)/b21-13-. The molecule has 11 heteroatoms. The number of hydrogen-bond acceptors (Lipinski definition) is 5. The first kappa shape index (κ1) is 25.2. The molecule has 2 aromatic heterocycles. The molecule has 0 saturated heterocycles. The second kappa shape index (κ2) is 9.78. The first-order valence-electron chi connectivity index (χ1n) is 11.7. The van der Waals surface area contributed by atoms with Gasteiger partial charge in [0, 0.05) is 34.4 Å². The summed E-state index contributed by atoms with van der Waals surface area (Å²) < 4.78 is 19.3. The van der Waals surface area contributed by atoms with Gasteiger partial charge in [-0.3, -0.25) is 19.0 Å². The Morgan fingerprint density at radius 1 is 1.08 bits per heavy atom. The molecule has 0 saturated carbocycles. The molecule has 0 bridgehead atoms. The number of rotatable bonds is 5. The highest BCUT2D eigenvalue weighted by atomic mass is 19.1. The molecule has 0 unspecified atom stereocenters. The van der Waals surface area contributed by atoms with Crippen LogP contribution in [0.1, 0.15) is 32.9 Å². The number of carbonyl (C=O) groups is 3. The number of hydrogen-bond donors (Lipinski definition) is 4. The smallest absolute Gasteiger partial charge is 0.449 e. The van der Waals surface area contributed by atoms with Gasteiger partial charge >= 0.3 is 6.16 Å². The summed E-state index contributed by atoms with van der Waals surface area (Å²) in [5.41, 5.74) is 2.95. The summed E-state index contributed by atoms with van der Waals surface area (Å²) in [6.07, 6.45) is 1.64. The van der Waals surface area contributed by atoms with Crippen LogP contribution in [0.25, 0.3) is 17.3 Å². The lowest BCUT2D eigenvalue weighted by molar-refractivity contribution is -0.110. The van der Waals surface area contributed by atoms with Gasteiger partial charge in [-0.05, 0) is 68.5 Å². The van der Waals surface area contributed by atoms with E-state index in [0.29, 0.717) is 45.2 Å². The predicted octanol–water partition coefficient (Wildman–Crippen LogP) is 4.72. The number of fused-ring (bicyclic) bond motifs is 1. The van der Waals surface area contributed by atoms with E-state index in [1.165, 1.54) is 47.2 Å². The molecule has 3 heterocycles. The first-order valence-corrected chi connectivity index (χ1v) is 11.7. The lowest BCUT2D eigenvalue weighted by Crippen LogP contribution is -2.27. The predicted molar refractivity (Wildman–Crippen MR) is 142 cm³/mol. The Balaban J connectivity index is 1.40. The van der Waals surface area contributed by atoms with Gasteiger partial charge in [0.2, 0.25) is 0 Å². The molecule has 0 atom stereocenters. The maximum Gasteiger partial charge on any atom is 0.511 e. The number of amides is 2. The van der Waals surface area contributed by atoms with E-state index >= 15 is 0 Å². The minimum atomic E-state index is -1.44. The summed E-state index contributed by atoms with van der Waals surface area (Å²) in [6, 6.07) is 13.0. The van der Waals surface area contributed by atoms with Crippen LogP contribution >= 0.6 is 0 Å².